The van der Waals surface area contributed by atoms with Crippen LogP contribution < -0.4 is 5.32 Å². The molecular weight excluding hydrogens is 380 g/mol. The molecule has 4 heterocycles. The van der Waals surface area contributed by atoms with Crippen molar-refractivity contribution in [1.29, 1.82) is 0 Å². The van der Waals surface area contributed by atoms with Crippen LogP contribution >= 0.6 is 0 Å². The molecule has 0 unspecified atom stereocenters. The van der Waals surface area contributed by atoms with Crippen molar-refractivity contribution in [1.82, 2.24) is 14.9 Å². The highest BCUT2D eigenvalue weighted by Crippen LogP contribution is 2.38. The zero-order valence-electron chi connectivity index (χ0n) is 19.1. The van der Waals surface area contributed by atoms with Crippen molar-refractivity contribution in [2.45, 2.75) is 84.3 Å². The van der Waals surface area contributed by atoms with E-state index in [0.29, 0.717) is 25.0 Å². The Morgan fingerprint density at radius 2 is 1.77 bits per heavy atom. The molecule has 7 nitrogen and oxygen atoms in total. The van der Waals surface area contributed by atoms with Crippen LogP contribution in [0, 0.1) is 5.92 Å². The van der Waals surface area contributed by atoms with Gasteiger partial charge in [-0.1, -0.05) is 20.3 Å². The Hall–Kier alpha value is -1.73. The molecule has 1 aromatic rings. The van der Waals surface area contributed by atoms with Gasteiger partial charge in [-0.2, -0.15) is 0 Å². The highest BCUT2D eigenvalue weighted by molar-refractivity contribution is 5.77. The minimum Gasteiger partial charge on any atom is -0.381 e. The second-order valence-electron chi connectivity index (χ2n) is 8.94. The fourth-order valence-electron chi connectivity index (χ4n) is 4.38. The average molecular weight is 419 g/mol. The van der Waals surface area contributed by atoms with E-state index in [4.69, 9.17) is 9.47 Å². The highest BCUT2D eigenvalue weighted by atomic mass is 16.5. The second-order valence-corrected chi connectivity index (χ2v) is 8.94. The molecule has 0 bridgehead atoms. The molecule has 1 aromatic heterocycles. The summed E-state index contributed by atoms with van der Waals surface area (Å²) in [6.45, 7) is 12.4. The third kappa shape index (κ3) is 5.49. The maximum absolute atomic E-state index is 12.1. The zero-order valence-corrected chi connectivity index (χ0v) is 19.1. The van der Waals surface area contributed by atoms with E-state index in [1.54, 1.807) is 0 Å². The summed E-state index contributed by atoms with van der Waals surface area (Å²) in [5, 5.41) is 3.39. The van der Waals surface area contributed by atoms with Gasteiger partial charge in [-0.25, -0.2) is 9.97 Å². The molecule has 0 aliphatic carbocycles. The molecule has 3 aliphatic rings. The number of nitrogens with zero attached hydrogens (tertiary/aromatic N) is 3. The zero-order chi connectivity index (χ0) is 21.6. The van der Waals surface area contributed by atoms with E-state index in [0.717, 1.165) is 56.4 Å². The Bertz CT molecular complexity index is 698. The summed E-state index contributed by atoms with van der Waals surface area (Å²) in [4.78, 5) is 23.2. The Morgan fingerprint density at radius 3 is 2.33 bits per heavy atom. The van der Waals surface area contributed by atoms with Crippen molar-refractivity contribution in [3.05, 3.63) is 17.5 Å². The maximum atomic E-state index is 12.1. The van der Waals surface area contributed by atoms with Gasteiger partial charge in [0.2, 0.25) is 11.9 Å². The highest BCUT2D eigenvalue weighted by Gasteiger charge is 2.41. The molecule has 0 atom stereocenters. The van der Waals surface area contributed by atoms with Gasteiger partial charge in [0.05, 0.1) is 17.8 Å². The average Bonchev–Trinajstić information content (AvgIpc) is 3.05. The van der Waals surface area contributed by atoms with Gasteiger partial charge < -0.3 is 19.7 Å². The normalized spacial score (nSPS) is 21.5. The largest absolute Gasteiger partial charge is 0.381 e. The fourth-order valence-corrected chi connectivity index (χ4v) is 4.38. The number of nitrogens with one attached hydrogen (secondary N) is 1. The summed E-state index contributed by atoms with van der Waals surface area (Å²) >= 11 is 0. The Labute approximate surface area is 180 Å². The Balaban J connectivity index is 0.000000269. The summed E-state index contributed by atoms with van der Waals surface area (Å²) < 4.78 is 10.6. The third-order valence-corrected chi connectivity index (χ3v) is 6.59. The van der Waals surface area contributed by atoms with Gasteiger partial charge in [0.15, 0.2) is 0 Å². The molecule has 0 radical (unpaired) electrons. The number of ether oxygens (including phenoxy) is 2. The van der Waals surface area contributed by atoms with Crippen LogP contribution in [0.25, 0.3) is 0 Å². The molecule has 0 spiro atoms. The minimum atomic E-state index is -0.334. The van der Waals surface area contributed by atoms with E-state index in [2.05, 4.69) is 36.1 Å². The first-order valence-corrected chi connectivity index (χ1v) is 11.5. The van der Waals surface area contributed by atoms with Gasteiger partial charge in [0, 0.05) is 50.7 Å². The number of carbonyl (C=O) groups is 1. The van der Waals surface area contributed by atoms with Crippen LogP contribution in [0.5, 0.6) is 0 Å². The lowest BCUT2D eigenvalue weighted by molar-refractivity contribution is -0.136. The van der Waals surface area contributed by atoms with Gasteiger partial charge in [-0.15, -0.1) is 0 Å². The lowest BCUT2D eigenvalue weighted by Crippen LogP contribution is -2.39. The van der Waals surface area contributed by atoms with E-state index in [9.17, 15) is 4.79 Å². The number of amides is 1. The van der Waals surface area contributed by atoms with Crippen molar-refractivity contribution < 1.29 is 14.3 Å². The lowest BCUT2D eigenvalue weighted by atomic mass is 9.97. The number of rotatable bonds is 4. The molecule has 1 N–H and O–H groups in total. The van der Waals surface area contributed by atoms with E-state index in [1.807, 2.05) is 18.0 Å². The molecule has 1 amide bonds. The molecule has 7 heteroatoms. The summed E-state index contributed by atoms with van der Waals surface area (Å²) in [6, 6.07) is 0.370. The van der Waals surface area contributed by atoms with E-state index in [1.165, 1.54) is 19.3 Å². The van der Waals surface area contributed by atoms with Crippen molar-refractivity contribution in [3.63, 3.8) is 0 Å². The first-order valence-electron chi connectivity index (χ1n) is 11.5. The number of hydrogen-bond donors (Lipinski definition) is 1. The minimum absolute atomic E-state index is 0.155. The van der Waals surface area contributed by atoms with E-state index < -0.39 is 0 Å². The van der Waals surface area contributed by atoms with Crippen LogP contribution in [0.1, 0.15) is 77.5 Å². The molecule has 2 saturated heterocycles. The summed E-state index contributed by atoms with van der Waals surface area (Å²) in [5.74, 6) is 1.78. The molecule has 0 saturated carbocycles. The van der Waals surface area contributed by atoms with Crippen LogP contribution in [0.2, 0.25) is 0 Å². The van der Waals surface area contributed by atoms with Crippen LogP contribution in [-0.2, 0) is 26.4 Å². The van der Waals surface area contributed by atoms with Crippen LogP contribution in [0.3, 0.4) is 0 Å². The van der Waals surface area contributed by atoms with Crippen LogP contribution in [-0.4, -0.2) is 53.2 Å². The van der Waals surface area contributed by atoms with Crippen molar-refractivity contribution in [2.75, 3.05) is 31.7 Å². The predicted octanol–water partition coefficient (Wildman–Crippen LogP) is 3.88. The van der Waals surface area contributed by atoms with Crippen LogP contribution in [0.4, 0.5) is 5.95 Å². The third-order valence-electron chi connectivity index (χ3n) is 6.59. The monoisotopic (exact) mass is 418 g/mol. The Morgan fingerprint density at radius 1 is 1.13 bits per heavy atom. The van der Waals surface area contributed by atoms with Crippen molar-refractivity contribution in [2.24, 2.45) is 5.92 Å². The molecule has 30 heavy (non-hydrogen) atoms. The van der Waals surface area contributed by atoms with E-state index >= 15 is 0 Å². The summed E-state index contributed by atoms with van der Waals surface area (Å²) in [5.41, 5.74) is 1.67. The van der Waals surface area contributed by atoms with Gasteiger partial charge in [-0.3, -0.25) is 4.79 Å². The van der Waals surface area contributed by atoms with Crippen molar-refractivity contribution >= 4 is 11.9 Å². The molecule has 2 fully saturated rings. The maximum Gasteiger partial charge on any atom is 0.223 e. The van der Waals surface area contributed by atoms with Gasteiger partial charge in [0.25, 0.3) is 0 Å². The smallest absolute Gasteiger partial charge is 0.223 e. The SMILES string of the molecule is CCC(=O)N1Cc2nc(NC3CCOCC3)ncc2C1(C)C.CCC1CCOCC1. The first-order chi connectivity index (χ1) is 14.5. The topological polar surface area (TPSA) is 76.6 Å². The van der Waals surface area contributed by atoms with Crippen LogP contribution in [0.15, 0.2) is 6.20 Å². The number of aromatic nitrogens is 2. The molecule has 168 valence electrons. The van der Waals surface area contributed by atoms with Gasteiger partial charge in [0.1, 0.15) is 0 Å². The predicted molar refractivity (Wildman–Crippen MR) is 117 cm³/mol. The van der Waals surface area contributed by atoms with Crippen molar-refractivity contribution in [3.8, 4) is 0 Å². The molecule has 3 aliphatic heterocycles. The van der Waals surface area contributed by atoms with Gasteiger partial charge >= 0.3 is 0 Å². The fraction of sp³-hybridized carbons (Fsp3) is 0.783. The molecule has 4 rings (SSSR count). The number of carbonyl (C=O) groups excluding carboxylic acids is 1. The first kappa shape index (κ1) is 22.9. The number of hydrogen-bond acceptors (Lipinski definition) is 6. The van der Waals surface area contributed by atoms with E-state index in [-0.39, 0.29) is 11.4 Å². The molecule has 0 aromatic carbocycles. The molecular formula is C23H38N4O3. The number of anilines is 1. The Kier molecular flexibility index (Phi) is 8.06. The standard InChI is InChI=1S/C16H24N4O2.C7H14O/c1-4-14(21)20-10-13-12(16(20,2)3)9-17-15(19-13)18-11-5-7-22-8-6-11;1-2-7-3-5-8-6-4-7/h9,11H,4-8,10H2,1-3H3,(H,17,18,19);7H,2-6H2,1H3. The second kappa shape index (κ2) is 10.5. The lowest BCUT2D eigenvalue weighted by Gasteiger charge is -2.31. The summed E-state index contributed by atoms with van der Waals surface area (Å²) in [6.07, 6.45) is 8.25. The summed E-state index contributed by atoms with van der Waals surface area (Å²) in [7, 11) is 0. The van der Waals surface area contributed by atoms with Gasteiger partial charge in [-0.05, 0) is 45.4 Å². The number of fused-ring (bicyclic) bond motifs is 1. The quantitative estimate of drug-likeness (QED) is 0.800.